The number of benzene rings is 1. The molecule has 3 aromatic rings. The number of hydrogen-bond acceptors (Lipinski definition) is 5. The third kappa shape index (κ3) is 4.02. The molecule has 1 unspecified atom stereocenters. The molecule has 2 aromatic heterocycles. The Hall–Kier alpha value is -2.93. The van der Waals surface area contributed by atoms with Crippen LogP contribution in [0.3, 0.4) is 0 Å². The first-order valence-corrected chi connectivity index (χ1v) is 10.8. The number of rotatable bonds is 5. The number of nitrogens with zero attached hydrogens (tertiary/aromatic N) is 3. The molecule has 1 atom stereocenters. The van der Waals surface area contributed by atoms with Crippen molar-refractivity contribution >= 4 is 34.2 Å². The van der Waals surface area contributed by atoms with Gasteiger partial charge >= 0.3 is 5.97 Å². The number of carbonyl (C=O) groups is 1. The Morgan fingerprint density at radius 3 is 2.65 bits per heavy atom. The average molecular weight is 441 g/mol. The largest absolute Gasteiger partial charge is 0.476 e. The molecule has 162 valence electrons. The molecule has 0 saturated heterocycles. The summed E-state index contributed by atoms with van der Waals surface area (Å²) in [6.45, 7) is 3.86. The van der Waals surface area contributed by atoms with E-state index in [4.69, 9.17) is 16.6 Å². The Morgan fingerprint density at radius 2 is 1.97 bits per heavy atom. The van der Waals surface area contributed by atoms with Crippen LogP contribution in [0.5, 0.6) is 0 Å². The minimum absolute atomic E-state index is 0.0524. The number of aryl methyl sites for hydroxylation is 1. The van der Waals surface area contributed by atoms with Crippen molar-refractivity contribution in [2.45, 2.75) is 51.5 Å². The number of carboxylic acid groups (broad SMARTS) is 1. The molecule has 7 nitrogen and oxygen atoms in total. The highest BCUT2D eigenvalue weighted by molar-refractivity contribution is 6.29. The van der Waals surface area contributed by atoms with Crippen LogP contribution < -0.4 is 10.9 Å². The Bertz CT molecular complexity index is 1230. The van der Waals surface area contributed by atoms with E-state index in [-0.39, 0.29) is 22.4 Å². The molecular weight excluding hydrogens is 416 g/mol. The van der Waals surface area contributed by atoms with Crippen molar-refractivity contribution in [3.05, 3.63) is 62.4 Å². The number of fused-ring (bicyclic) bond motifs is 1. The number of aromatic carboxylic acids is 1. The average Bonchev–Trinajstić information content (AvgIpc) is 3.26. The second-order valence-corrected chi connectivity index (χ2v) is 8.65. The van der Waals surface area contributed by atoms with Crippen molar-refractivity contribution in [2.24, 2.45) is 7.05 Å². The van der Waals surface area contributed by atoms with Gasteiger partial charge in [0.05, 0.1) is 22.6 Å². The highest BCUT2D eigenvalue weighted by Gasteiger charge is 2.24. The Balaban J connectivity index is 1.83. The molecule has 1 aliphatic rings. The van der Waals surface area contributed by atoms with E-state index in [9.17, 15) is 14.7 Å². The summed E-state index contributed by atoms with van der Waals surface area (Å²) in [5, 5.41) is 13.4. The molecule has 2 heterocycles. The molecule has 0 aliphatic heterocycles. The quantitative estimate of drug-likeness (QED) is 0.552. The monoisotopic (exact) mass is 440 g/mol. The maximum atomic E-state index is 13.2. The number of nitrogens with one attached hydrogen (secondary N) is 1. The first-order valence-electron chi connectivity index (χ1n) is 10.4. The van der Waals surface area contributed by atoms with E-state index in [0.29, 0.717) is 22.5 Å². The standard InChI is InChI=1S/C23H25ClN4O3/c1-12-10-15(13(2)25-17-8-9-18(24)26-20(17)23(30)31)19-16(11-12)22(29)28(3)21(27-19)14-6-4-5-7-14/h8-11,13-14,25H,4-7H2,1-3H3,(H,30,31). The van der Waals surface area contributed by atoms with Gasteiger partial charge in [-0.2, -0.15) is 0 Å². The van der Waals surface area contributed by atoms with Gasteiger partial charge in [-0.25, -0.2) is 14.8 Å². The minimum atomic E-state index is -1.16. The Morgan fingerprint density at radius 1 is 1.26 bits per heavy atom. The third-order valence-electron chi connectivity index (χ3n) is 6.01. The van der Waals surface area contributed by atoms with E-state index in [1.807, 2.05) is 26.0 Å². The van der Waals surface area contributed by atoms with E-state index in [0.717, 1.165) is 42.6 Å². The maximum absolute atomic E-state index is 13.2. The number of aromatic nitrogens is 3. The smallest absolute Gasteiger partial charge is 0.356 e. The van der Waals surface area contributed by atoms with Crippen LogP contribution in [0.1, 0.15) is 72.0 Å². The van der Waals surface area contributed by atoms with Crippen LogP contribution >= 0.6 is 11.6 Å². The first-order chi connectivity index (χ1) is 14.8. The Labute approximate surface area is 185 Å². The van der Waals surface area contributed by atoms with Gasteiger partial charge in [0, 0.05) is 18.5 Å². The molecule has 1 aliphatic carbocycles. The molecular formula is C23H25ClN4O3. The van der Waals surface area contributed by atoms with Crippen molar-refractivity contribution in [1.82, 2.24) is 14.5 Å². The van der Waals surface area contributed by atoms with E-state index in [2.05, 4.69) is 10.3 Å². The summed E-state index contributed by atoms with van der Waals surface area (Å²) < 4.78 is 1.69. The van der Waals surface area contributed by atoms with Crippen molar-refractivity contribution in [2.75, 3.05) is 5.32 Å². The van der Waals surface area contributed by atoms with Crippen molar-refractivity contribution in [1.29, 1.82) is 0 Å². The lowest BCUT2D eigenvalue weighted by atomic mass is 9.99. The fraction of sp³-hybridized carbons (Fsp3) is 0.391. The van der Waals surface area contributed by atoms with E-state index >= 15 is 0 Å². The zero-order valence-corrected chi connectivity index (χ0v) is 18.5. The molecule has 8 heteroatoms. The van der Waals surface area contributed by atoms with Crippen LogP contribution in [0.4, 0.5) is 5.69 Å². The SMILES string of the molecule is Cc1cc(C(C)Nc2ccc(Cl)nc2C(=O)O)c2nc(C3CCCC3)n(C)c(=O)c2c1. The van der Waals surface area contributed by atoms with Crippen molar-refractivity contribution in [3.63, 3.8) is 0 Å². The second kappa shape index (κ2) is 8.30. The molecule has 2 N–H and O–H groups in total. The molecule has 1 fully saturated rings. The molecule has 0 amide bonds. The Kier molecular flexibility index (Phi) is 5.71. The van der Waals surface area contributed by atoms with Gasteiger partial charge in [0.1, 0.15) is 11.0 Å². The van der Waals surface area contributed by atoms with Crippen molar-refractivity contribution < 1.29 is 9.90 Å². The van der Waals surface area contributed by atoms with Crippen LogP contribution in [0.25, 0.3) is 10.9 Å². The van der Waals surface area contributed by atoms with Gasteiger partial charge < -0.3 is 10.4 Å². The predicted molar refractivity (Wildman–Crippen MR) is 121 cm³/mol. The lowest BCUT2D eigenvalue weighted by Crippen LogP contribution is -2.25. The second-order valence-electron chi connectivity index (χ2n) is 8.27. The van der Waals surface area contributed by atoms with Gasteiger partial charge in [-0.15, -0.1) is 0 Å². The number of carboxylic acids is 1. The third-order valence-corrected chi connectivity index (χ3v) is 6.22. The summed E-state index contributed by atoms with van der Waals surface area (Å²) >= 11 is 5.88. The molecule has 0 spiro atoms. The lowest BCUT2D eigenvalue weighted by Gasteiger charge is -2.21. The van der Waals surface area contributed by atoms with E-state index < -0.39 is 5.97 Å². The maximum Gasteiger partial charge on any atom is 0.356 e. The molecule has 0 radical (unpaired) electrons. The van der Waals surface area contributed by atoms with Gasteiger partial charge in [0.15, 0.2) is 5.69 Å². The fourth-order valence-corrected chi connectivity index (χ4v) is 4.62. The summed E-state index contributed by atoms with van der Waals surface area (Å²) in [5.74, 6) is -0.0490. The molecule has 1 aromatic carbocycles. The fourth-order valence-electron chi connectivity index (χ4n) is 4.47. The molecule has 4 rings (SSSR count). The minimum Gasteiger partial charge on any atom is -0.476 e. The molecule has 0 bridgehead atoms. The molecule has 1 saturated carbocycles. The summed E-state index contributed by atoms with van der Waals surface area (Å²) in [4.78, 5) is 33.7. The number of halogens is 1. The topological polar surface area (TPSA) is 97.1 Å². The summed E-state index contributed by atoms with van der Waals surface area (Å²) in [5.41, 5.74) is 2.61. The summed E-state index contributed by atoms with van der Waals surface area (Å²) in [6, 6.07) is 6.70. The zero-order chi connectivity index (χ0) is 22.3. The van der Waals surface area contributed by atoms with Gasteiger partial charge in [-0.05, 0) is 50.5 Å². The van der Waals surface area contributed by atoms with Gasteiger partial charge in [0.2, 0.25) is 0 Å². The van der Waals surface area contributed by atoms with Crippen LogP contribution in [0, 0.1) is 6.92 Å². The van der Waals surface area contributed by atoms with Gasteiger partial charge in [-0.3, -0.25) is 9.36 Å². The summed E-state index contributed by atoms with van der Waals surface area (Å²) in [6.07, 6.45) is 4.38. The van der Waals surface area contributed by atoms with Crippen LogP contribution in [0.2, 0.25) is 5.15 Å². The van der Waals surface area contributed by atoms with Crippen molar-refractivity contribution in [3.8, 4) is 0 Å². The van der Waals surface area contributed by atoms with Crippen LogP contribution in [-0.4, -0.2) is 25.6 Å². The van der Waals surface area contributed by atoms with Gasteiger partial charge in [-0.1, -0.05) is 30.5 Å². The van der Waals surface area contributed by atoms with E-state index in [1.54, 1.807) is 23.7 Å². The normalized spacial score (nSPS) is 15.4. The first kappa shape index (κ1) is 21.3. The van der Waals surface area contributed by atoms with Gasteiger partial charge in [0.25, 0.3) is 5.56 Å². The highest BCUT2D eigenvalue weighted by atomic mass is 35.5. The highest BCUT2D eigenvalue weighted by Crippen LogP contribution is 2.34. The number of hydrogen-bond donors (Lipinski definition) is 2. The zero-order valence-electron chi connectivity index (χ0n) is 17.8. The van der Waals surface area contributed by atoms with Crippen LogP contribution in [0.15, 0.2) is 29.1 Å². The predicted octanol–water partition coefficient (Wildman–Crippen LogP) is 4.82. The van der Waals surface area contributed by atoms with Crippen LogP contribution in [-0.2, 0) is 7.05 Å². The van der Waals surface area contributed by atoms with E-state index in [1.165, 1.54) is 0 Å². The number of pyridine rings is 1. The number of anilines is 1. The summed E-state index contributed by atoms with van der Waals surface area (Å²) in [7, 11) is 1.80. The lowest BCUT2D eigenvalue weighted by molar-refractivity contribution is 0.0691. The molecule has 31 heavy (non-hydrogen) atoms.